The highest BCUT2D eigenvalue weighted by Gasteiger charge is 2.51. The largest absolute Gasteiger partial charge is 0.301 e. The van der Waals surface area contributed by atoms with E-state index in [0.29, 0.717) is 10.6 Å². The van der Waals surface area contributed by atoms with Gasteiger partial charge in [0.05, 0.1) is 33.4 Å². The molecule has 1 aliphatic carbocycles. The molecule has 13 rings (SSSR count). The second kappa shape index (κ2) is 18.7. The summed E-state index contributed by atoms with van der Waals surface area (Å²) in [5.41, 5.74) is 15.5. The highest BCUT2D eigenvalue weighted by atomic mass is 31.2. The van der Waals surface area contributed by atoms with Gasteiger partial charge >= 0.3 is 14.9 Å². The molecule has 1 unspecified atom stereocenters. The molecule has 8 heteroatoms. The topological polar surface area (TPSA) is 47.1 Å². The van der Waals surface area contributed by atoms with Gasteiger partial charge in [0.25, 0.3) is 0 Å². The predicted octanol–water partition coefficient (Wildman–Crippen LogP) is 18.0. The van der Waals surface area contributed by atoms with Gasteiger partial charge in [-0.15, -0.1) is 0 Å². The summed E-state index contributed by atoms with van der Waals surface area (Å²) in [5.74, 6) is 0. The first kappa shape index (κ1) is 45.2. The third kappa shape index (κ3) is 7.65. The van der Waals surface area contributed by atoms with Crippen LogP contribution in [0.1, 0.15) is 18.4 Å². The number of benzene rings is 10. The molecule has 0 saturated heterocycles. The zero-order chi connectivity index (χ0) is 49.6. The Kier molecular flexibility index (Phi) is 11.5. The van der Waals surface area contributed by atoms with Crippen molar-refractivity contribution in [3.8, 4) is 33.4 Å². The Bertz CT molecular complexity index is 3710. The Balaban J connectivity index is 0.969. The average molecular weight is 993 g/mol. The SMILES string of the molecule is O=P1(c2ccc(P3(=O)N(c4ccc(-c5ccccc5)cc4)c4ccccc4N3c3ccc(-c4ccccc4)cc3)cc2)N(c2ccc(C3=CC=CCC3)cc2)c2ccccc2N1c1ccc(-c2ccccc2)cc1. The summed E-state index contributed by atoms with van der Waals surface area (Å²) in [7, 11) is -7.66. The first-order chi connectivity index (χ1) is 36.5. The molecule has 0 aromatic heterocycles. The van der Waals surface area contributed by atoms with Crippen LogP contribution in [0.5, 0.6) is 0 Å². The lowest BCUT2D eigenvalue weighted by Gasteiger charge is -2.35. The molecule has 0 saturated carbocycles. The van der Waals surface area contributed by atoms with Crippen molar-refractivity contribution in [2.75, 3.05) is 18.7 Å². The van der Waals surface area contributed by atoms with Crippen LogP contribution >= 0.6 is 14.9 Å². The fourth-order valence-corrected chi connectivity index (χ4v) is 16.8. The lowest BCUT2D eigenvalue weighted by molar-refractivity contribution is 0.581. The highest BCUT2D eigenvalue weighted by Crippen LogP contribution is 2.72. The molecule has 2 aliphatic heterocycles. The Morgan fingerprint density at radius 1 is 0.284 bits per heavy atom. The summed E-state index contributed by atoms with van der Waals surface area (Å²) in [6.45, 7) is 0. The van der Waals surface area contributed by atoms with Gasteiger partial charge in [0.2, 0.25) is 0 Å². The maximum atomic E-state index is 17.2. The van der Waals surface area contributed by atoms with E-state index in [4.69, 9.17) is 0 Å². The number of hydrogen-bond acceptors (Lipinski definition) is 2. The van der Waals surface area contributed by atoms with Gasteiger partial charge in [-0.05, 0) is 154 Å². The fraction of sp³-hybridized carbons (Fsp3) is 0.0303. The molecular formula is C66H50N4O2P2. The van der Waals surface area contributed by atoms with Crippen molar-refractivity contribution in [2.24, 2.45) is 0 Å². The van der Waals surface area contributed by atoms with Gasteiger partial charge in [0.1, 0.15) is 0 Å². The van der Waals surface area contributed by atoms with E-state index in [1.807, 2.05) is 122 Å². The molecule has 10 aromatic carbocycles. The molecule has 3 aliphatic rings. The first-order valence-corrected chi connectivity index (χ1v) is 28.3. The van der Waals surface area contributed by atoms with Crippen molar-refractivity contribution in [2.45, 2.75) is 12.8 Å². The van der Waals surface area contributed by atoms with Gasteiger partial charge in [-0.25, -0.2) is 0 Å². The van der Waals surface area contributed by atoms with Crippen LogP contribution in [0.2, 0.25) is 0 Å². The Hall–Kier alpha value is -8.66. The van der Waals surface area contributed by atoms with Crippen molar-refractivity contribution in [3.05, 3.63) is 285 Å². The van der Waals surface area contributed by atoms with E-state index >= 15 is 9.13 Å². The van der Waals surface area contributed by atoms with Gasteiger partial charge in [0, 0.05) is 22.7 Å². The van der Waals surface area contributed by atoms with Crippen LogP contribution in [0, 0.1) is 0 Å². The third-order valence-electron chi connectivity index (χ3n) is 14.4. The molecule has 0 radical (unpaired) electrons. The molecule has 0 fully saturated rings. The zero-order valence-electron chi connectivity index (χ0n) is 40.5. The molecule has 6 nitrogen and oxygen atoms in total. The summed E-state index contributed by atoms with van der Waals surface area (Å²) in [4.78, 5) is 0. The van der Waals surface area contributed by atoms with E-state index < -0.39 is 14.9 Å². The van der Waals surface area contributed by atoms with Crippen molar-refractivity contribution in [1.82, 2.24) is 0 Å². The van der Waals surface area contributed by atoms with Crippen molar-refractivity contribution < 1.29 is 9.13 Å². The standard InChI is InChI=1S/C66H50N4O2P2/c71-73(67(57-37-29-53(30-38-57)49-17-5-1-6-18-49)63-25-13-14-26-64(63)68(73)58-39-31-54(32-40-58)50-19-7-2-8-20-50)61-45-47-62(48-46-61)74(72)69(59-41-33-55(34-42-59)51-21-9-3-10-22-51)65-27-15-16-28-66(65)70(74)60-43-35-56(36-44-60)52-23-11-4-12-24-52/h1-11,13-23,25-48H,12,24H2. The number of anilines is 8. The third-order valence-corrected chi connectivity index (χ3v) is 20.3. The monoisotopic (exact) mass is 992 g/mol. The van der Waals surface area contributed by atoms with Crippen LogP contribution in [-0.2, 0) is 9.13 Å². The van der Waals surface area contributed by atoms with Gasteiger partial charge < -0.3 is 0 Å². The van der Waals surface area contributed by atoms with Gasteiger partial charge in [-0.2, -0.15) is 0 Å². The molecule has 0 N–H and O–H groups in total. The zero-order valence-corrected chi connectivity index (χ0v) is 42.3. The summed E-state index contributed by atoms with van der Waals surface area (Å²) >= 11 is 0. The highest BCUT2D eigenvalue weighted by molar-refractivity contribution is 7.76. The summed E-state index contributed by atoms with van der Waals surface area (Å²) < 4.78 is 42.5. The smallest absolute Gasteiger partial charge is 0.270 e. The van der Waals surface area contributed by atoms with Crippen molar-refractivity contribution >= 4 is 76.6 Å². The van der Waals surface area contributed by atoms with E-state index in [1.165, 1.54) is 5.57 Å². The van der Waals surface area contributed by atoms with Crippen LogP contribution in [0.3, 0.4) is 0 Å². The number of hydrogen-bond donors (Lipinski definition) is 0. The van der Waals surface area contributed by atoms with Crippen LogP contribution < -0.4 is 29.3 Å². The lowest BCUT2D eigenvalue weighted by Crippen LogP contribution is -2.30. The summed E-state index contributed by atoms with van der Waals surface area (Å²) in [5, 5.41) is 1.21. The van der Waals surface area contributed by atoms with E-state index in [2.05, 4.69) is 176 Å². The Morgan fingerprint density at radius 3 is 0.838 bits per heavy atom. The summed E-state index contributed by atoms with van der Waals surface area (Å²) in [6.07, 6.45) is 8.49. The number of allylic oxidation sites excluding steroid dienone is 4. The van der Waals surface area contributed by atoms with Crippen LogP contribution in [-0.4, -0.2) is 0 Å². The van der Waals surface area contributed by atoms with Gasteiger partial charge in [-0.1, -0.05) is 182 Å². The molecule has 356 valence electrons. The van der Waals surface area contributed by atoms with E-state index in [0.717, 1.165) is 97.3 Å². The quantitative estimate of drug-likeness (QED) is 0.127. The average Bonchev–Trinajstić information content (AvgIpc) is 3.96. The minimum atomic E-state index is -3.84. The maximum absolute atomic E-state index is 17.2. The minimum Gasteiger partial charge on any atom is -0.270 e. The van der Waals surface area contributed by atoms with E-state index in [9.17, 15) is 0 Å². The predicted molar refractivity (Wildman–Crippen MR) is 311 cm³/mol. The van der Waals surface area contributed by atoms with Crippen LogP contribution in [0.25, 0.3) is 39.0 Å². The minimum absolute atomic E-state index is 0.601. The molecule has 0 amide bonds. The number of fused-ring (bicyclic) bond motifs is 2. The second-order valence-electron chi connectivity index (χ2n) is 18.8. The molecular weight excluding hydrogens is 943 g/mol. The van der Waals surface area contributed by atoms with E-state index in [-0.39, 0.29) is 0 Å². The van der Waals surface area contributed by atoms with Crippen molar-refractivity contribution in [1.29, 1.82) is 0 Å². The second-order valence-corrected chi connectivity index (χ2v) is 23.6. The fourth-order valence-electron chi connectivity index (χ4n) is 10.8. The first-order valence-electron chi connectivity index (χ1n) is 25.1. The molecule has 2 heterocycles. The van der Waals surface area contributed by atoms with Crippen LogP contribution in [0.15, 0.2) is 279 Å². The number of para-hydroxylation sites is 4. The maximum Gasteiger partial charge on any atom is 0.301 e. The molecule has 10 aromatic rings. The number of rotatable bonds is 10. The molecule has 74 heavy (non-hydrogen) atoms. The normalized spacial score (nSPS) is 16.5. The Labute approximate surface area is 433 Å². The number of nitrogens with zero attached hydrogens (tertiary/aromatic N) is 4. The van der Waals surface area contributed by atoms with Gasteiger partial charge in [0.15, 0.2) is 0 Å². The van der Waals surface area contributed by atoms with Gasteiger partial charge in [-0.3, -0.25) is 27.8 Å². The van der Waals surface area contributed by atoms with Crippen LogP contribution in [0.4, 0.5) is 45.5 Å². The molecule has 0 bridgehead atoms. The lowest BCUT2D eigenvalue weighted by atomic mass is 9.97. The Morgan fingerprint density at radius 2 is 0.554 bits per heavy atom. The van der Waals surface area contributed by atoms with E-state index in [1.54, 1.807) is 0 Å². The molecule has 1 atom stereocenters. The summed E-state index contributed by atoms with van der Waals surface area (Å²) in [6, 6.07) is 88.6. The molecule has 0 spiro atoms. The van der Waals surface area contributed by atoms with Crippen molar-refractivity contribution in [3.63, 3.8) is 0 Å².